The van der Waals surface area contributed by atoms with E-state index in [1.54, 1.807) is 7.11 Å². The van der Waals surface area contributed by atoms with Crippen molar-refractivity contribution in [2.24, 2.45) is 0 Å². The van der Waals surface area contributed by atoms with Crippen molar-refractivity contribution in [3.8, 4) is 23.0 Å². The van der Waals surface area contributed by atoms with E-state index in [9.17, 15) is 0 Å². The maximum Gasteiger partial charge on any atom is 0.162 e. The van der Waals surface area contributed by atoms with Crippen molar-refractivity contribution in [2.45, 2.75) is 19.1 Å². The van der Waals surface area contributed by atoms with E-state index in [2.05, 4.69) is 41.7 Å². The van der Waals surface area contributed by atoms with E-state index in [1.165, 1.54) is 11.1 Å². The lowest BCUT2D eigenvalue weighted by Gasteiger charge is -2.29. The third-order valence-electron chi connectivity index (χ3n) is 5.89. The van der Waals surface area contributed by atoms with Gasteiger partial charge in [0.15, 0.2) is 11.5 Å². The normalized spacial score (nSPS) is 14.9. The third-order valence-corrected chi connectivity index (χ3v) is 5.89. The van der Waals surface area contributed by atoms with Gasteiger partial charge in [-0.2, -0.15) is 0 Å². The molecule has 4 heteroatoms. The highest BCUT2D eigenvalue weighted by Crippen LogP contribution is 2.38. The summed E-state index contributed by atoms with van der Waals surface area (Å²) in [6.07, 6.45) is 0.946. The first-order valence-corrected chi connectivity index (χ1v) is 11.2. The van der Waals surface area contributed by atoms with Gasteiger partial charge < -0.3 is 19.5 Å². The van der Waals surface area contributed by atoms with Crippen LogP contribution in [0.2, 0.25) is 0 Å². The lowest BCUT2D eigenvalue weighted by atomic mass is 9.89. The van der Waals surface area contributed by atoms with Crippen LogP contribution in [0.1, 0.15) is 28.3 Å². The van der Waals surface area contributed by atoms with Gasteiger partial charge in [0.05, 0.1) is 13.2 Å². The molecule has 0 spiro atoms. The monoisotopic (exact) mass is 437 g/mol. The SMILES string of the molecule is COc1cc2c(cc1OCc1ccccc1)C(c1cccc(Oc3ccccc3)c1)NCC2. The molecule has 0 aromatic heterocycles. The molecule has 4 aromatic carbocycles. The number of para-hydroxylation sites is 1. The van der Waals surface area contributed by atoms with Crippen molar-refractivity contribution in [1.29, 1.82) is 0 Å². The van der Waals surface area contributed by atoms with E-state index in [-0.39, 0.29) is 6.04 Å². The van der Waals surface area contributed by atoms with Crippen molar-refractivity contribution in [2.75, 3.05) is 13.7 Å². The number of ether oxygens (including phenoxy) is 3. The van der Waals surface area contributed by atoms with Crippen molar-refractivity contribution in [3.63, 3.8) is 0 Å². The number of hydrogen-bond acceptors (Lipinski definition) is 4. The molecule has 1 aliphatic heterocycles. The Hall–Kier alpha value is -3.76. The van der Waals surface area contributed by atoms with Crippen LogP contribution in [0.3, 0.4) is 0 Å². The maximum atomic E-state index is 6.19. The molecule has 1 N–H and O–H groups in total. The van der Waals surface area contributed by atoms with E-state index in [0.717, 1.165) is 47.1 Å². The van der Waals surface area contributed by atoms with Crippen LogP contribution in [0.5, 0.6) is 23.0 Å². The minimum atomic E-state index is 0.0538. The second kappa shape index (κ2) is 9.80. The standard InChI is InChI=1S/C29H27NO3/c1-31-27-18-22-15-16-30-29(26(22)19-28(27)32-20-21-9-4-2-5-10-21)23-11-8-14-25(17-23)33-24-12-6-3-7-13-24/h2-14,17-19,29-30H,15-16,20H2,1H3. The molecule has 0 radical (unpaired) electrons. The zero-order valence-electron chi connectivity index (χ0n) is 18.7. The Morgan fingerprint density at radius 2 is 1.55 bits per heavy atom. The third kappa shape index (κ3) is 4.86. The quantitative estimate of drug-likeness (QED) is 0.368. The van der Waals surface area contributed by atoms with Crippen molar-refractivity contribution in [3.05, 3.63) is 119 Å². The van der Waals surface area contributed by atoms with E-state index >= 15 is 0 Å². The van der Waals surface area contributed by atoms with Gasteiger partial charge in [-0.05, 0) is 65.1 Å². The van der Waals surface area contributed by atoms with Crippen LogP contribution < -0.4 is 19.5 Å². The van der Waals surface area contributed by atoms with E-state index in [0.29, 0.717) is 6.61 Å². The summed E-state index contributed by atoms with van der Waals surface area (Å²) in [6, 6.07) is 32.6. The predicted molar refractivity (Wildman–Crippen MR) is 130 cm³/mol. The summed E-state index contributed by atoms with van der Waals surface area (Å²) in [5.41, 5.74) is 4.76. The van der Waals surface area contributed by atoms with Gasteiger partial charge in [0, 0.05) is 6.54 Å². The summed E-state index contributed by atoms with van der Waals surface area (Å²) in [5, 5.41) is 3.67. The van der Waals surface area contributed by atoms with Gasteiger partial charge >= 0.3 is 0 Å². The van der Waals surface area contributed by atoms with E-state index in [4.69, 9.17) is 14.2 Å². The van der Waals surface area contributed by atoms with Gasteiger partial charge in [-0.15, -0.1) is 0 Å². The molecule has 1 unspecified atom stereocenters. The fourth-order valence-corrected chi connectivity index (χ4v) is 4.25. The highest BCUT2D eigenvalue weighted by molar-refractivity contribution is 5.52. The molecule has 5 rings (SSSR count). The van der Waals surface area contributed by atoms with Crippen LogP contribution in [0.4, 0.5) is 0 Å². The number of hydrogen-bond donors (Lipinski definition) is 1. The van der Waals surface area contributed by atoms with Gasteiger partial charge in [-0.1, -0.05) is 60.7 Å². The molecule has 166 valence electrons. The van der Waals surface area contributed by atoms with Crippen LogP contribution in [0.25, 0.3) is 0 Å². The largest absolute Gasteiger partial charge is 0.493 e. The minimum absolute atomic E-state index is 0.0538. The molecule has 1 aliphatic rings. The number of rotatable bonds is 7. The Morgan fingerprint density at radius 1 is 0.788 bits per heavy atom. The summed E-state index contributed by atoms with van der Waals surface area (Å²) in [6.45, 7) is 1.39. The molecule has 0 aliphatic carbocycles. The summed E-state index contributed by atoms with van der Waals surface area (Å²) < 4.78 is 17.9. The molecule has 0 saturated heterocycles. The Kier molecular flexibility index (Phi) is 6.27. The first-order chi connectivity index (χ1) is 16.3. The fraction of sp³-hybridized carbons (Fsp3) is 0.172. The van der Waals surface area contributed by atoms with Crippen molar-refractivity contribution < 1.29 is 14.2 Å². The second-order valence-electron chi connectivity index (χ2n) is 8.10. The number of nitrogens with one attached hydrogen (secondary N) is 1. The van der Waals surface area contributed by atoms with Crippen LogP contribution in [0.15, 0.2) is 97.1 Å². The molecule has 0 bridgehead atoms. The number of benzene rings is 4. The average molecular weight is 438 g/mol. The summed E-state index contributed by atoms with van der Waals surface area (Å²) in [4.78, 5) is 0. The lowest BCUT2D eigenvalue weighted by Crippen LogP contribution is -2.30. The molecular formula is C29H27NO3. The molecule has 4 aromatic rings. The zero-order valence-corrected chi connectivity index (χ0v) is 18.7. The van der Waals surface area contributed by atoms with Crippen molar-refractivity contribution in [1.82, 2.24) is 5.32 Å². The molecule has 33 heavy (non-hydrogen) atoms. The first kappa shape index (κ1) is 21.1. The zero-order chi connectivity index (χ0) is 22.5. The van der Waals surface area contributed by atoms with Crippen molar-refractivity contribution >= 4 is 0 Å². The van der Waals surface area contributed by atoms with Crippen LogP contribution >= 0.6 is 0 Å². The lowest BCUT2D eigenvalue weighted by molar-refractivity contribution is 0.283. The summed E-state index contributed by atoms with van der Waals surface area (Å²) in [7, 11) is 1.69. The summed E-state index contributed by atoms with van der Waals surface area (Å²) in [5.74, 6) is 3.17. The van der Waals surface area contributed by atoms with Gasteiger partial charge in [0.25, 0.3) is 0 Å². The van der Waals surface area contributed by atoms with Crippen LogP contribution in [-0.4, -0.2) is 13.7 Å². The molecular weight excluding hydrogens is 410 g/mol. The average Bonchev–Trinajstić information content (AvgIpc) is 2.88. The number of fused-ring (bicyclic) bond motifs is 1. The molecule has 4 nitrogen and oxygen atoms in total. The highest BCUT2D eigenvalue weighted by atomic mass is 16.5. The Morgan fingerprint density at radius 3 is 2.33 bits per heavy atom. The maximum absolute atomic E-state index is 6.19. The molecule has 0 fully saturated rings. The topological polar surface area (TPSA) is 39.7 Å². The second-order valence-corrected chi connectivity index (χ2v) is 8.10. The van der Waals surface area contributed by atoms with Gasteiger partial charge in [-0.3, -0.25) is 0 Å². The molecule has 1 atom stereocenters. The minimum Gasteiger partial charge on any atom is -0.493 e. The van der Waals surface area contributed by atoms with Gasteiger partial charge in [-0.25, -0.2) is 0 Å². The smallest absolute Gasteiger partial charge is 0.162 e. The number of methoxy groups -OCH3 is 1. The Balaban J connectivity index is 1.44. The van der Waals surface area contributed by atoms with Gasteiger partial charge in [0.1, 0.15) is 18.1 Å². The van der Waals surface area contributed by atoms with Crippen LogP contribution in [-0.2, 0) is 13.0 Å². The summed E-state index contributed by atoms with van der Waals surface area (Å²) >= 11 is 0. The Bertz CT molecular complexity index is 1210. The molecule has 0 saturated carbocycles. The fourth-order valence-electron chi connectivity index (χ4n) is 4.25. The first-order valence-electron chi connectivity index (χ1n) is 11.2. The van der Waals surface area contributed by atoms with E-state index < -0.39 is 0 Å². The predicted octanol–water partition coefficient (Wildman–Crippen LogP) is 6.30. The van der Waals surface area contributed by atoms with E-state index in [1.807, 2.05) is 60.7 Å². The van der Waals surface area contributed by atoms with Crippen LogP contribution in [0, 0.1) is 0 Å². The molecule has 0 amide bonds. The Labute approximate surface area is 194 Å². The van der Waals surface area contributed by atoms with Gasteiger partial charge in [0.2, 0.25) is 0 Å². The highest BCUT2D eigenvalue weighted by Gasteiger charge is 2.24. The molecule has 1 heterocycles.